The Kier molecular flexibility index (Phi) is 3.00. The number of aromatic nitrogens is 2. The van der Waals surface area contributed by atoms with E-state index in [1.165, 1.54) is 6.07 Å². The van der Waals surface area contributed by atoms with E-state index >= 15 is 0 Å². The van der Waals surface area contributed by atoms with Gasteiger partial charge in [0.05, 0.1) is 0 Å². The molecule has 5 nitrogen and oxygen atoms in total. The van der Waals surface area contributed by atoms with Gasteiger partial charge in [-0.2, -0.15) is 13.9 Å². The summed E-state index contributed by atoms with van der Waals surface area (Å²) in [6, 6.07) is 1.76. The molecule has 3 rings (SSSR count). The van der Waals surface area contributed by atoms with Crippen LogP contribution in [0.3, 0.4) is 0 Å². The number of amides is 1. The minimum absolute atomic E-state index is 0.0999. The zero-order chi connectivity index (χ0) is 13.6. The summed E-state index contributed by atoms with van der Waals surface area (Å²) < 4.78 is 25.4. The molecule has 1 aromatic heterocycles. The van der Waals surface area contributed by atoms with Crippen molar-refractivity contribution in [2.24, 2.45) is 5.92 Å². The quantitative estimate of drug-likeness (QED) is 0.806. The molecule has 0 aromatic carbocycles. The number of fused-ring (bicyclic) bond motifs is 1. The molecule has 0 aliphatic carbocycles. The van der Waals surface area contributed by atoms with Gasteiger partial charge in [-0.15, -0.1) is 0 Å². The van der Waals surface area contributed by atoms with Crippen molar-refractivity contribution in [1.29, 1.82) is 0 Å². The van der Waals surface area contributed by atoms with Crippen LogP contribution in [-0.4, -0.2) is 58.2 Å². The Hall–Kier alpha value is -1.50. The van der Waals surface area contributed by atoms with Crippen molar-refractivity contribution in [1.82, 2.24) is 19.6 Å². The number of hydrogen-bond donors (Lipinski definition) is 0. The van der Waals surface area contributed by atoms with Gasteiger partial charge in [0.1, 0.15) is 0 Å². The third kappa shape index (κ3) is 2.11. The average Bonchev–Trinajstić information content (AvgIpc) is 3.05. The number of alkyl halides is 2. The molecule has 2 atom stereocenters. The van der Waals surface area contributed by atoms with E-state index in [9.17, 15) is 13.6 Å². The maximum atomic E-state index is 12.4. The molecule has 0 bridgehead atoms. The van der Waals surface area contributed by atoms with Gasteiger partial charge in [0.15, 0.2) is 5.69 Å². The first-order chi connectivity index (χ1) is 9.06. The van der Waals surface area contributed by atoms with Gasteiger partial charge in [-0.3, -0.25) is 4.79 Å². The van der Waals surface area contributed by atoms with Crippen molar-refractivity contribution >= 4 is 5.91 Å². The monoisotopic (exact) mass is 270 g/mol. The van der Waals surface area contributed by atoms with Gasteiger partial charge in [-0.05, 0) is 32.0 Å². The van der Waals surface area contributed by atoms with Gasteiger partial charge in [-0.1, -0.05) is 0 Å². The molecule has 0 radical (unpaired) electrons. The van der Waals surface area contributed by atoms with Crippen molar-refractivity contribution in [3.05, 3.63) is 18.0 Å². The number of likely N-dealkylation sites (tertiary alicyclic amines) is 2. The number of likely N-dealkylation sites (N-methyl/N-ethyl adjacent to an activating group) is 1. The van der Waals surface area contributed by atoms with Gasteiger partial charge in [0.25, 0.3) is 5.91 Å². The van der Waals surface area contributed by atoms with E-state index < -0.39 is 6.55 Å². The second-order valence-corrected chi connectivity index (χ2v) is 5.27. The molecule has 0 unspecified atom stereocenters. The number of rotatable bonds is 2. The van der Waals surface area contributed by atoms with Gasteiger partial charge >= 0.3 is 6.55 Å². The van der Waals surface area contributed by atoms with Crippen molar-refractivity contribution in [3.63, 3.8) is 0 Å². The predicted molar refractivity (Wildman–Crippen MR) is 63.9 cm³/mol. The van der Waals surface area contributed by atoms with Crippen LogP contribution in [0.4, 0.5) is 8.78 Å². The molecule has 0 N–H and O–H groups in total. The standard InChI is InChI=1S/C12H16F2N4O/c1-16-4-2-8-6-17(7-10(8)16)11(19)9-3-5-18(15-9)12(13)14/h3,5,8,10,12H,2,4,6-7H2,1H3/t8-,10+/m0/s1. The molecule has 2 aliphatic rings. The normalized spacial score (nSPS) is 27.3. The van der Waals surface area contributed by atoms with Gasteiger partial charge in [0.2, 0.25) is 0 Å². The predicted octanol–water partition coefficient (Wildman–Crippen LogP) is 1.05. The van der Waals surface area contributed by atoms with E-state index in [2.05, 4.69) is 17.0 Å². The molecule has 104 valence electrons. The van der Waals surface area contributed by atoms with Gasteiger partial charge < -0.3 is 9.80 Å². The Bertz CT molecular complexity index is 490. The number of carbonyl (C=O) groups is 1. The molecule has 2 aliphatic heterocycles. The molecule has 7 heteroatoms. The summed E-state index contributed by atoms with van der Waals surface area (Å²) in [5.74, 6) is 0.258. The minimum Gasteiger partial charge on any atom is -0.335 e. The van der Waals surface area contributed by atoms with E-state index in [1.807, 2.05) is 0 Å². The van der Waals surface area contributed by atoms with E-state index in [0.717, 1.165) is 19.2 Å². The van der Waals surface area contributed by atoms with Gasteiger partial charge in [-0.25, -0.2) is 4.68 Å². The highest BCUT2D eigenvalue weighted by Crippen LogP contribution is 2.30. The van der Waals surface area contributed by atoms with Crippen molar-refractivity contribution in [3.8, 4) is 0 Å². The van der Waals surface area contributed by atoms with E-state index in [1.54, 1.807) is 4.90 Å². The Balaban J connectivity index is 1.71. The summed E-state index contributed by atoms with van der Waals surface area (Å²) in [5, 5.41) is 3.63. The average molecular weight is 270 g/mol. The second kappa shape index (κ2) is 4.56. The van der Waals surface area contributed by atoms with Crippen molar-refractivity contribution < 1.29 is 13.6 Å². The highest BCUT2D eigenvalue weighted by atomic mass is 19.3. The third-order valence-electron chi connectivity index (χ3n) is 4.14. The van der Waals surface area contributed by atoms with Gasteiger partial charge in [0, 0.05) is 25.3 Å². The highest BCUT2D eigenvalue weighted by Gasteiger charge is 2.41. The summed E-state index contributed by atoms with van der Waals surface area (Å²) in [5.41, 5.74) is 0.0999. The largest absolute Gasteiger partial charge is 0.335 e. The van der Waals surface area contributed by atoms with Crippen LogP contribution in [0, 0.1) is 5.92 Å². The lowest BCUT2D eigenvalue weighted by Gasteiger charge is -2.20. The fourth-order valence-electron chi connectivity index (χ4n) is 3.06. The van der Waals surface area contributed by atoms with E-state index in [4.69, 9.17) is 0 Å². The number of nitrogens with zero attached hydrogens (tertiary/aromatic N) is 4. The van der Waals surface area contributed by atoms with Crippen LogP contribution in [0.25, 0.3) is 0 Å². The molecule has 2 saturated heterocycles. The molecule has 0 saturated carbocycles. The third-order valence-corrected chi connectivity index (χ3v) is 4.14. The Labute approximate surface area is 109 Å². The maximum Gasteiger partial charge on any atom is 0.333 e. The minimum atomic E-state index is -2.70. The second-order valence-electron chi connectivity index (χ2n) is 5.27. The Morgan fingerprint density at radius 1 is 1.47 bits per heavy atom. The van der Waals surface area contributed by atoms with Crippen LogP contribution in [0.2, 0.25) is 0 Å². The highest BCUT2D eigenvalue weighted by molar-refractivity contribution is 5.92. The first-order valence-corrected chi connectivity index (χ1v) is 6.39. The molecule has 1 aromatic rings. The molecule has 2 fully saturated rings. The zero-order valence-electron chi connectivity index (χ0n) is 10.7. The summed E-state index contributed by atoms with van der Waals surface area (Å²) in [6.45, 7) is -0.264. The molecular formula is C12H16F2N4O. The summed E-state index contributed by atoms with van der Waals surface area (Å²) in [7, 11) is 2.06. The fraction of sp³-hybridized carbons (Fsp3) is 0.667. The zero-order valence-corrected chi connectivity index (χ0v) is 10.7. The Morgan fingerprint density at radius 2 is 2.26 bits per heavy atom. The van der Waals surface area contributed by atoms with Crippen molar-refractivity contribution in [2.75, 3.05) is 26.7 Å². The molecule has 0 spiro atoms. The van der Waals surface area contributed by atoms with Crippen LogP contribution in [-0.2, 0) is 0 Å². The molecule has 19 heavy (non-hydrogen) atoms. The van der Waals surface area contributed by atoms with E-state index in [-0.39, 0.29) is 11.6 Å². The lowest BCUT2D eigenvalue weighted by molar-refractivity contribution is 0.0552. The number of halogens is 2. The first-order valence-electron chi connectivity index (χ1n) is 6.39. The van der Waals surface area contributed by atoms with E-state index in [0.29, 0.717) is 29.7 Å². The van der Waals surface area contributed by atoms with Crippen LogP contribution in [0.1, 0.15) is 23.5 Å². The van der Waals surface area contributed by atoms with Crippen molar-refractivity contribution in [2.45, 2.75) is 19.0 Å². The first kappa shape index (κ1) is 12.5. The van der Waals surface area contributed by atoms with Crippen LogP contribution < -0.4 is 0 Å². The van der Waals surface area contributed by atoms with Crippen LogP contribution in [0.15, 0.2) is 12.3 Å². The Morgan fingerprint density at radius 3 is 2.89 bits per heavy atom. The summed E-state index contributed by atoms with van der Waals surface area (Å²) in [6.07, 6.45) is 2.23. The fourth-order valence-corrected chi connectivity index (χ4v) is 3.06. The topological polar surface area (TPSA) is 41.4 Å². The summed E-state index contributed by atoms with van der Waals surface area (Å²) in [4.78, 5) is 16.2. The number of hydrogen-bond acceptors (Lipinski definition) is 3. The number of carbonyl (C=O) groups excluding carboxylic acids is 1. The maximum absolute atomic E-state index is 12.4. The van der Waals surface area contributed by atoms with Crippen LogP contribution in [0.5, 0.6) is 0 Å². The lowest BCUT2D eigenvalue weighted by Crippen LogP contribution is -2.35. The molecule has 1 amide bonds. The molecule has 3 heterocycles. The lowest BCUT2D eigenvalue weighted by atomic mass is 10.1. The smallest absolute Gasteiger partial charge is 0.333 e. The van der Waals surface area contributed by atoms with Crippen LogP contribution >= 0.6 is 0 Å². The molecular weight excluding hydrogens is 254 g/mol. The SMILES string of the molecule is CN1CC[C@H]2CN(C(=O)c3ccn(C(F)F)n3)C[C@H]21. The summed E-state index contributed by atoms with van der Waals surface area (Å²) >= 11 is 0.